The van der Waals surface area contributed by atoms with E-state index >= 15 is 0 Å². The molecule has 1 aromatic heterocycles. The molecule has 2 heterocycles. The van der Waals surface area contributed by atoms with Gasteiger partial charge in [0.15, 0.2) is 5.82 Å². The Morgan fingerprint density at radius 2 is 1.76 bits per heavy atom. The molecule has 1 aliphatic heterocycles. The van der Waals surface area contributed by atoms with Crippen molar-refractivity contribution in [1.82, 2.24) is 9.97 Å². The molecule has 0 unspecified atom stereocenters. The Balaban J connectivity index is 2.42. The normalized spacial score (nSPS) is 14.2. The van der Waals surface area contributed by atoms with Crippen LogP contribution in [0.4, 0.5) is 5.82 Å². The molecule has 17 heavy (non-hydrogen) atoms. The lowest BCUT2D eigenvalue weighted by Gasteiger charge is -2.22. The molecule has 0 fully saturated rings. The van der Waals surface area contributed by atoms with Crippen molar-refractivity contribution in [2.45, 2.75) is 39.7 Å². The summed E-state index contributed by atoms with van der Waals surface area (Å²) in [5, 5.41) is 3.27. The predicted octanol–water partition coefficient (Wildman–Crippen LogP) is 2.19. The number of aromatic nitrogens is 2. The Morgan fingerprint density at radius 1 is 1.06 bits per heavy atom. The summed E-state index contributed by atoms with van der Waals surface area (Å²) in [6.07, 6.45) is 0. The van der Waals surface area contributed by atoms with Crippen molar-refractivity contribution < 1.29 is 9.47 Å². The molecule has 0 saturated carbocycles. The summed E-state index contributed by atoms with van der Waals surface area (Å²) in [7, 11) is 0. The number of rotatable bonds is 3. The Bertz CT molecular complexity index is 405. The van der Waals surface area contributed by atoms with Crippen LogP contribution < -0.4 is 14.8 Å². The van der Waals surface area contributed by atoms with Crippen LogP contribution >= 0.6 is 0 Å². The Labute approximate surface area is 102 Å². The van der Waals surface area contributed by atoms with Crippen molar-refractivity contribution >= 4 is 5.82 Å². The summed E-state index contributed by atoms with van der Waals surface area (Å²) in [5.74, 6) is 2.96. The molecule has 1 aliphatic rings. The Kier molecular flexibility index (Phi) is 3.36. The van der Waals surface area contributed by atoms with Gasteiger partial charge in [-0.3, -0.25) is 0 Å². The van der Waals surface area contributed by atoms with Gasteiger partial charge in [-0.2, -0.15) is 4.98 Å². The van der Waals surface area contributed by atoms with E-state index in [1.807, 2.05) is 0 Å². The largest absolute Gasteiger partial charge is 0.482 e. The molecule has 1 N–H and O–H groups in total. The molecule has 5 nitrogen and oxygen atoms in total. The number of fused-ring (bicyclic) bond motifs is 1. The maximum Gasteiger partial charge on any atom is 0.262 e. The highest BCUT2D eigenvalue weighted by Crippen LogP contribution is 2.35. The molecule has 0 amide bonds. The van der Waals surface area contributed by atoms with Gasteiger partial charge < -0.3 is 14.8 Å². The lowest BCUT2D eigenvalue weighted by molar-refractivity contribution is 0.163. The van der Waals surface area contributed by atoms with Gasteiger partial charge in [-0.05, 0) is 13.8 Å². The van der Waals surface area contributed by atoms with Crippen LogP contribution in [0.15, 0.2) is 0 Å². The second kappa shape index (κ2) is 4.77. The van der Waals surface area contributed by atoms with E-state index in [1.54, 1.807) is 0 Å². The van der Waals surface area contributed by atoms with Crippen LogP contribution in [-0.2, 0) is 0 Å². The van der Waals surface area contributed by atoms with Gasteiger partial charge in [-0.25, -0.2) is 4.98 Å². The molecule has 0 saturated heterocycles. The monoisotopic (exact) mass is 237 g/mol. The van der Waals surface area contributed by atoms with Crippen molar-refractivity contribution in [2.75, 3.05) is 18.5 Å². The average molecular weight is 237 g/mol. The molecule has 1 aromatic rings. The molecule has 0 atom stereocenters. The first kappa shape index (κ1) is 12.0. The number of hydrogen-bond donors (Lipinski definition) is 1. The minimum absolute atomic E-state index is 0.263. The van der Waals surface area contributed by atoms with Gasteiger partial charge in [-0.1, -0.05) is 13.8 Å². The highest BCUT2D eigenvalue weighted by molar-refractivity contribution is 5.56. The lowest BCUT2D eigenvalue weighted by atomic mass is 10.2. The van der Waals surface area contributed by atoms with E-state index in [2.05, 4.69) is 43.0 Å². The minimum atomic E-state index is 0.263. The van der Waals surface area contributed by atoms with Crippen LogP contribution in [0.3, 0.4) is 0 Å². The second-order valence-corrected chi connectivity index (χ2v) is 4.72. The van der Waals surface area contributed by atoms with Crippen molar-refractivity contribution in [3.05, 3.63) is 5.82 Å². The van der Waals surface area contributed by atoms with Gasteiger partial charge in [0.2, 0.25) is 5.75 Å². The van der Waals surface area contributed by atoms with E-state index in [0.29, 0.717) is 30.9 Å². The predicted molar refractivity (Wildman–Crippen MR) is 65.9 cm³/mol. The van der Waals surface area contributed by atoms with Crippen LogP contribution in [0.5, 0.6) is 11.6 Å². The number of hydrogen-bond acceptors (Lipinski definition) is 5. The number of anilines is 1. The number of nitrogens with one attached hydrogen (secondary N) is 1. The maximum absolute atomic E-state index is 5.58. The van der Waals surface area contributed by atoms with Crippen molar-refractivity contribution in [3.8, 4) is 11.6 Å². The smallest absolute Gasteiger partial charge is 0.262 e. The van der Waals surface area contributed by atoms with E-state index in [-0.39, 0.29) is 5.92 Å². The van der Waals surface area contributed by atoms with Gasteiger partial charge in [0.25, 0.3) is 5.88 Å². The Hall–Kier alpha value is -1.52. The fourth-order valence-corrected chi connectivity index (χ4v) is 1.59. The maximum atomic E-state index is 5.58. The van der Waals surface area contributed by atoms with Gasteiger partial charge >= 0.3 is 0 Å². The molecule has 0 radical (unpaired) electrons. The molecule has 2 rings (SSSR count). The number of ether oxygens (including phenoxy) is 2. The van der Waals surface area contributed by atoms with E-state index in [1.165, 1.54) is 0 Å². The van der Waals surface area contributed by atoms with Crippen molar-refractivity contribution in [2.24, 2.45) is 0 Å². The summed E-state index contributed by atoms with van der Waals surface area (Å²) in [6, 6.07) is 0.291. The van der Waals surface area contributed by atoms with Gasteiger partial charge in [0, 0.05) is 12.0 Å². The first-order valence-corrected chi connectivity index (χ1v) is 6.02. The molecule has 0 bridgehead atoms. The van der Waals surface area contributed by atoms with Crippen LogP contribution in [-0.4, -0.2) is 29.2 Å². The highest BCUT2D eigenvalue weighted by atomic mass is 16.6. The first-order valence-electron chi connectivity index (χ1n) is 6.02. The van der Waals surface area contributed by atoms with E-state index in [9.17, 15) is 0 Å². The molecule has 0 aromatic carbocycles. The number of nitrogens with zero attached hydrogens (tertiary/aromatic N) is 2. The van der Waals surface area contributed by atoms with Gasteiger partial charge in [0.1, 0.15) is 19.0 Å². The molecule has 94 valence electrons. The molecular formula is C12H19N3O2. The zero-order chi connectivity index (χ0) is 12.4. The summed E-state index contributed by atoms with van der Waals surface area (Å²) in [4.78, 5) is 8.88. The minimum Gasteiger partial charge on any atom is -0.482 e. The van der Waals surface area contributed by atoms with E-state index < -0.39 is 0 Å². The quantitative estimate of drug-likeness (QED) is 0.873. The lowest BCUT2D eigenvalue weighted by Crippen LogP contribution is -2.21. The third-order valence-electron chi connectivity index (χ3n) is 2.36. The van der Waals surface area contributed by atoms with Crippen LogP contribution in [0.2, 0.25) is 0 Å². The fraction of sp³-hybridized carbons (Fsp3) is 0.667. The van der Waals surface area contributed by atoms with Crippen molar-refractivity contribution in [3.63, 3.8) is 0 Å². The van der Waals surface area contributed by atoms with E-state index in [0.717, 1.165) is 11.6 Å². The third kappa shape index (κ3) is 2.60. The summed E-state index contributed by atoms with van der Waals surface area (Å²) in [5.41, 5.74) is 0. The molecular weight excluding hydrogens is 218 g/mol. The van der Waals surface area contributed by atoms with Gasteiger partial charge in [0.05, 0.1) is 0 Å². The summed E-state index contributed by atoms with van der Waals surface area (Å²) >= 11 is 0. The topological polar surface area (TPSA) is 56.3 Å². The van der Waals surface area contributed by atoms with Crippen LogP contribution in [0, 0.1) is 0 Å². The standard InChI is InChI=1S/C12H19N3O2/c1-7(2)10-14-11(13-8(3)4)9-12(15-10)17-6-5-16-9/h7-8H,5-6H2,1-4H3,(H,13,14,15). The highest BCUT2D eigenvalue weighted by Gasteiger charge is 2.22. The summed E-state index contributed by atoms with van der Waals surface area (Å²) < 4.78 is 11.1. The third-order valence-corrected chi connectivity index (χ3v) is 2.36. The van der Waals surface area contributed by atoms with Crippen molar-refractivity contribution in [1.29, 1.82) is 0 Å². The fourth-order valence-electron chi connectivity index (χ4n) is 1.59. The van der Waals surface area contributed by atoms with Crippen LogP contribution in [0.1, 0.15) is 39.4 Å². The summed E-state index contributed by atoms with van der Waals surface area (Å²) in [6.45, 7) is 9.34. The zero-order valence-electron chi connectivity index (χ0n) is 10.8. The Morgan fingerprint density at radius 3 is 2.41 bits per heavy atom. The molecule has 0 spiro atoms. The first-order chi connectivity index (χ1) is 8.08. The molecule has 0 aliphatic carbocycles. The van der Waals surface area contributed by atoms with E-state index in [4.69, 9.17) is 9.47 Å². The van der Waals surface area contributed by atoms with Gasteiger partial charge in [-0.15, -0.1) is 0 Å². The SMILES string of the molecule is CC(C)Nc1nc(C(C)C)nc2c1OCCO2. The second-order valence-electron chi connectivity index (χ2n) is 4.72. The average Bonchev–Trinajstić information content (AvgIpc) is 2.28. The van der Waals surface area contributed by atoms with Crippen LogP contribution in [0.25, 0.3) is 0 Å². The zero-order valence-corrected chi connectivity index (χ0v) is 10.8. The molecule has 5 heteroatoms.